The minimum Gasteiger partial charge on any atom is -0.369 e. The fraction of sp³-hybridized carbons (Fsp3) is 0.333. The predicted molar refractivity (Wildman–Crippen MR) is 93.8 cm³/mol. The summed E-state index contributed by atoms with van der Waals surface area (Å²) >= 11 is 0. The van der Waals surface area contributed by atoms with Gasteiger partial charge < -0.3 is 5.11 Å². The molecule has 0 bridgehead atoms. The molecule has 0 unspecified atom stereocenters. The van der Waals surface area contributed by atoms with Gasteiger partial charge in [-0.1, -0.05) is 38.1 Å². The number of aliphatic hydroxyl groups is 1. The second-order valence-corrected chi connectivity index (χ2v) is 8.26. The van der Waals surface area contributed by atoms with Crippen LogP contribution in [0.1, 0.15) is 30.9 Å². The van der Waals surface area contributed by atoms with E-state index in [1.165, 1.54) is 38.1 Å². The molecule has 4 nitrogen and oxygen atoms in total. The molecular weight excluding hydrogens is 424 g/mol. The highest BCUT2D eigenvalue weighted by Gasteiger charge is 2.71. The van der Waals surface area contributed by atoms with Gasteiger partial charge in [-0.25, -0.2) is 8.42 Å². The number of nitrogens with one attached hydrogen (secondary N) is 1. The molecule has 2 N–H and O–H groups in total. The van der Waals surface area contributed by atoms with Crippen molar-refractivity contribution in [2.75, 3.05) is 4.72 Å². The highest BCUT2D eigenvalue weighted by Crippen LogP contribution is 2.50. The van der Waals surface area contributed by atoms with Crippen LogP contribution < -0.4 is 4.72 Å². The molecular formula is C18H17F6NO3S. The fourth-order valence-corrected chi connectivity index (χ4v) is 3.76. The van der Waals surface area contributed by atoms with E-state index in [2.05, 4.69) is 4.72 Å². The molecule has 0 amide bonds. The third kappa shape index (κ3) is 4.35. The van der Waals surface area contributed by atoms with Crippen molar-refractivity contribution in [3.63, 3.8) is 0 Å². The molecule has 0 atom stereocenters. The summed E-state index contributed by atoms with van der Waals surface area (Å²) in [4.78, 5) is -0.138. The van der Waals surface area contributed by atoms with Gasteiger partial charge in [0.2, 0.25) is 0 Å². The van der Waals surface area contributed by atoms with Crippen molar-refractivity contribution in [2.45, 2.75) is 42.6 Å². The molecule has 29 heavy (non-hydrogen) atoms. The summed E-state index contributed by atoms with van der Waals surface area (Å²) in [5.41, 5.74) is -6.89. The Hall–Kier alpha value is -2.27. The second-order valence-electron chi connectivity index (χ2n) is 6.58. The number of alkyl halides is 6. The van der Waals surface area contributed by atoms with E-state index in [-0.39, 0.29) is 16.1 Å². The first-order chi connectivity index (χ1) is 13.1. The van der Waals surface area contributed by atoms with Crippen LogP contribution in [0.5, 0.6) is 0 Å². The zero-order valence-corrected chi connectivity index (χ0v) is 16.0. The standard InChI is InChI=1S/C18H17F6NO3S/c1-11(2)14-10-12(16(26,17(19,20)21)18(22,23)24)8-9-15(14)25-29(27,28)13-6-4-3-5-7-13/h3-11,25-26H,1-2H3. The third-order valence-electron chi connectivity index (χ3n) is 4.21. The van der Waals surface area contributed by atoms with Gasteiger partial charge >= 0.3 is 12.4 Å². The normalized spacial score (nSPS) is 13.6. The van der Waals surface area contributed by atoms with Crippen molar-refractivity contribution < 1.29 is 39.9 Å². The van der Waals surface area contributed by atoms with Gasteiger partial charge in [-0.3, -0.25) is 4.72 Å². The van der Waals surface area contributed by atoms with E-state index in [9.17, 15) is 39.9 Å². The van der Waals surface area contributed by atoms with Gasteiger partial charge in [0.15, 0.2) is 0 Å². The minimum atomic E-state index is -6.04. The topological polar surface area (TPSA) is 66.4 Å². The maximum Gasteiger partial charge on any atom is 0.430 e. The zero-order chi connectivity index (χ0) is 22.3. The van der Waals surface area contributed by atoms with E-state index in [0.717, 1.165) is 6.07 Å². The molecule has 0 fully saturated rings. The molecule has 0 aromatic heterocycles. The van der Waals surface area contributed by atoms with Crippen molar-refractivity contribution in [3.8, 4) is 0 Å². The van der Waals surface area contributed by atoms with Crippen molar-refractivity contribution in [3.05, 3.63) is 59.7 Å². The monoisotopic (exact) mass is 441 g/mol. The summed E-state index contributed by atoms with van der Waals surface area (Å²) in [6.45, 7) is 2.92. The van der Waals surface area contributed by atoms with Crippen LogP contribution in [0.3, 0.4) is 0 Å². The Balaban J connectivity index is 2.60. The van der Waals surface area contributed by atoms with Crippen molar-refractivity contribution in [2.24, 2.45) is 0 Å². The fourth-order valence-electron chi connectivity index (χ4n) is 2.65. The Labute approximate surface area is 163 Å². The molecule has 11 heteroatoms. The Morgan fingerprint density at radius 3 is 1.86 bits per heavy atom. The van der Waals surface area contributed by atoms with E-state index < -0.39 is 39.5 Å². The molecule has 0 aliphatic heterocycles. The zero-order valence-electron chi connectivity index (χ0n) is 15.1. The molecule has 2 aromatic rings. The second kappa shape index (κ2) is 7.52. The van der Waals surface area contributed by atoms with Crippen LogP contribution in [-0.4, -0.2) is 25.9 Å². The summed E-state index contributed by atoms with van der Waals surface area (Å²) < 4.78 is 106. The van der Waals surface area contributed by atoms with Crippen molar-refractivity contribution in [1.29, 1.82) is 0 Å². The lowest BCUT2D eigenvalue weighted by Crippen LogP contribution is -2.54. The maximum absolute atomic E-state index is 13.1. The van der Waals surface area contributed by atoms with E-state index in [0.29, 0.717) is 12.1 Å². The van der Waals surface area contributed by atoms with Crippen molar-refractivity contribution in [1.82, 2.24) is 0 Å². The Bertz CT molecular complexity index is 955. The van der Waals surface area contributed by atoms with Crippen LogP contribution >= 0.6 is 0 Å². The van der Waals surface area contributed by atoms with Crippen molar-refractivity contribution >= 4 is 15.7 Å². The summed E-state index contributed by atoms with van der Waals surface area (Å²) in [6, 6.07) is 8.71. The van der Waals surface area contributed by atoms with E-state index >= 15 is 0 Å². The first kappa shape index (κ1) is 23.0. The molecule has 2 aromatic carbocycles. The number of sulfonamides is 1. The molecule has 0 aliphatic carbocycles. The van der Waals surface area contributed by atoms with Crippen LogP contribution in [0.2, 0.25) is 0 Å². The highest BCUT2D eigenvalue weighted by molar-refractivity contribution is 7.92. The Morgan fingerprint density at radius 1 is 0.897 bits per heavy atom. The molecule has 0 radical (unpaired) electrons. The molecule has 0 saturated heterocycles. The minimum absolute atomic E-state index is 0.138. The molecule has 0 spiro atoms. The SMILES string of the molecule is CC(C)c1cc(C(O)(C(F)(F)F)C(F)(F)F)ccc1NS(=O)(=O)c1ccccc1. The van der Waals surface area contributed by atoms with Crippen LogP contribution in [0.25, 0.3) is 0 Å². The molecule has 0 heterocycles. The number of benzene rings is 2. The van der Waals surface area contributed by atoms with Crippen LogP contribution in [0.15, 0.2) is 53.4 Å². The highest BCUT2D eigenvalue weighted by atomic mass is 32.2. The quantitative estimate of drug-likeness (QED) is 0.648. The van der Waals surface area contributed by atoms with Gasteiger partial charge in [0.1, 0.15) is 0 Å². The number of halogens is 6. The lowest BCUT2D eigenvalue weighted by Gasteiger charge is -2.33. The van der Waals surface area contributed by atoms with Gasteiger partial charge in [-0.15, -0.1) is 0 Å². The predicted octanol–water partition coefficient (Wildman–Crippen LogP) is 4.92. The summed E-state index contributed by atoms with van der Waals surface area (Å²) in [5.74, 6) is -0.658. The van der Waals surface area contributed by atoms with Gasteiger partial charge in [0.25, 0.3) is 15.6 Å². The summed E-state index contributed by atoms with van der Waals surface area (Å²) in [6.07, 6.45) is -12.1. The molecule has 0 aliphatic rings. The lowest BCUT2D eigenvalue weighted by atomic mass is 9.88. The van der Waals surface area contributed by atoms with Crippen LogP contribution in [0, 0.1) is 0 Å². The first-order valence-corrected chi connectivity index (χ1v) is 9.67. The van der Waals surface area contributed by atoms with Gasteiger partial charge in [-0.05, 0) is 35.7 Å². The Morgan fingerprint density at radius 2 is 1.41 bits per heavy atom. The molecule has 160 valence electrons. The average molecular weight is 441 g/mol. The van der Waals surface area contributed by atoms with Gasteiger partial charge in [-0.2, -0.15) is 26.3 Å². The van der Waals surface area contributed by atoms with E-state index in [1.807, 2.05) is 0 Å². The summed E-state index contributed by atoms with van der Waals surface area (Å²) in [7, 11) is -4.13. The number of rotatable bonds is 5. The van der Waals surface area contributed by atoms with E-state index in [4.69, 9.17) is 0 Å². The molecule has 0 saturated carbocycles. The van der Waals surface area contributed by atoms with E-state index in [1.54, 1.807) is 6.07 Å². The maximum atomic E-state index is 13.1. The van der Waals surface area contributed by atoms with Gasteiger partial charge in [0.05, 0.1) is 10.6 Å². The number of anilines is 1. The van der Waals surface area contributed by atoms with Gasteiger partial charge in [0, 0.05) is 5.56 Å². The number of hydrogen-bond acceptors (Lipinski definition) is 3. The van der Waals surface area contributed by atoms with Crippen LogP contribution in [-0.2, 0) is 15.6 Å². The Kier molecular flexibility index (Phi) is 5.97. The van der Waals surface area contributed by atoms with Crippen LogP contribution in [0.4, 0.5) is 32.0 Å². The third-order valence-corrected chi connectivity index (χ3v) is 5.59. The largest absolute Gasteiger partial charge is 0.430 e. The molecule has 2 rings (SSSR count). The average Bonchev–Trinajstić information content (AvgIpc) is 2.59. The first-order valence-electron chi connectivity index (χ1n) is 8.19. The smallest absolute Gasteiger partial charge is 0.369 e. The summed E-state index contributed by atoms with van der Waals surface area (Å²) in [5, 5.41) is 9.57. The number of hydrogen-bond donors (Lipinski definition) is 2. The lowest BCUT2D eigenvalue weighted by molar-refractivity contribution is -0.376.